The maximum atomic E-state index is 12.5. The van der Waals surface area contributed by atoms with Gasteiger partial charge in [0.25, 0.3) is 0 Å². The lowest BCUT2D eigenvalue weighted by molar-refractivity contribution is 0.0201. The van der Waals surface area contributed by atoms with Crippen molar-refractivity contribution in [3.63, 3.8) is 0 Å². The van der Waals surface area contributed by atoms with E-state index < -0.39 is 0 Å². The lowest BCUT2D eigenvalue weighted by Gasteiger charge is -2.40. The second-order valence-electron chi connectivity index (χ2n) is 8.24. The summed E-state index contributed by atoms with van der Waals surface area (Å²) in [6.07, 6.45) is 3.41. The van der Waals surface area contributed by atoms with Crippen LogP contribution in [0.2, 0.25) is 0 Å². The van der Waals surface area contributed by atoms with Crippen LogP contribution in [-0.4, -0.2) is 43.8 Å². The van der Waals surface area contributed by atoms with Crippen molar-refractivity contribution < 1.29 is 19.0 Å². The van der Waals surface area contributed by atoms with Crippen LogP contribution in [0.5, 0.6) is 11.5 Å². The number of ether oxygens (including phenoxy) is 3. The maximum Gasteiger partial charge on any atom is 0.339 e. The molecule has 2 aromatic rings. The van der Waals surface area contributed by atoms with Crippen LogP contribution >= 0.6 is 11.3 Å². The average molecular weight is 412 g/mol. The molecular formula is C23H25NO4S. The summed E-state index contributed by atoms with van der Waals surface area (Å²) in [5.74, 6) is 1.37. The van der Waals surface area contributed by atoms with E-state index in [1.165, 1.54) is 28.0 Å². The minimum atomic E-state index is -0.289. The van der Waals surface area contributed by atoms with E-state index in [2.05, 4.69) is 31.0 Å². The van der Waals surface area contributed by atoms with Crippen molar-refractivity contribution in [1.29, 1.82) is 0 Å². The minimum absolute atomic E-state index is 0.0654. The molecule has 6 heteroatoms. The molecule has 0 N–H and O–H groups in total. The fraction of sp³-hybridized carbons (Fsp3) is 0.435. The standard InChI is InChI=1S/C23H25NO4S/c1-14-10-17(27-22(25)16-6-9-29-13-16)11-19-23(14)7-8-24(2)12-15-4-5-18(26-3)21(28-19)20(15)23/h4-6,9-10,13,17,19H,7-8,11-12H2,1-3H3/t17-,19?,23+/m0/s1. The summed E-state index contributed by atoms with van der Waals surface area (Å²) in [6, 6.07) is 5.97. The highest BCUT2D eigenvalue weighted by molar-refractivity contribution is 7.08. The summed E-state index contributed by atoms with van der Waals surface area (Å²) in [4.78, 5) is 14.9. The Bertz CT molecular complexity index is 983. The van der Waals surface area contributed by atoms with Gasteiger partial charge in [-0.3, -0.25) is 0 Å². The predicted octanol–water partition coefficient (Wildman–Crippen LogP) is 4.17. The van der Waals surface area contributed by atoms with Gasteiger partial charge in [0.1, 0.15) is 12.2 Å². The zero-order valence-corrected chi connectivity index (χ0v) is 17.8. The van der Waals surface area contributed by atoms with E-state index in [9.17, 15) is 4.79 Å². The first-order valence-electron chi connectivity index (χ1n) is 10.0. The lowest BCUT2D eigenvalue weighted by Crippen LogP contribution is -2.46. The van der Waals surface area contributed by atoms with Crippen molar-refractivity contribution in [2.24, 2.45) is 0 Å². The van der Waals surface area contributed by atoms with Gasteiger partial charge >= 0.3 is 5.97 Å². The van der Waals surface area contributed by atoms with Crippen LogP contribution in [0.1, 0.15) is 41.3 Å². The van der Waals surface area contributed by atoms with Gasteiger partial charge in [-0.2, -0.15) is 11.3 Å². The molecule has 3 aliphatic rings. The molecule has 3 atom stereocenters. The van der Waals surface area contributed by atoms with E-state index in [1.54, 1.807) is 13.2 Å². The molecule has 1 unspecified atom stereocenters. The largest absolute Gasteiger partial charge is 0.493 e. The van der Waals surface area contributed by atoms with Gasteiger partial charge < -0.3 is 19.1 Å². The van der Waals surface area contributed by atoms with E-state index in [0.717, 1.165) is 31.0 Å². The van der Waals surface area contributed by atoms with Gasteiger partial charge in [-0.05, 0) is 56.1 Å². The summed E-state index contributed by atoms with van der Waals surface area (Å²) in [7, 11) is 3.85. The van der Waals surface area contributed by atoms with Gasteiger partial charge in [0, 0.05) is 23.9 Å². The first-order chi connectivity index (χ1) is 14.0. The van der Waals surface area contributed by atoms with Crippen molar-refractivity contribution in [2.45, 2.75) is 43.9 Å². The normalized spacial score (nSPS) is 27.9. The maximum absolute atomic E-state index is 12.5. The molecule has 29 heavy (non-hydrogen) atoms. The van der Waals surface area contributed by atoms with Gasteiger partial charge in [0.05, 0.1) is 18.1 Å². The van der Waals surface area contributed by atoms with Crippen LogP contribution in [-0.2, 0) is 16.7 Å². The first kappa shape index (κ1) is 18.7. The number of thiophene rings is 1. The van der Waals surface area contributed by atoms with Crippen molar-refractivity contribution in [2.75, 3.05) is 20.7 Å². The number of carbonyl (C=O) groups is 1. The molecule has 0 amide bonds. The Hall–Kier alpha value is -2.31. The highest BCUT2D eigenvalue weighted by Gasteiger charge is 2.55. The Labute approximate surface area is 174 Å². The van der Waals surface area contributed by atoms with Gasteiger partial charge in [-0.1, -0.05) is 11.6 Å². The van der Waals surface area contributed by atoms with Crippen molar-refractivity contribution in [1.82, 2.24) is 4.90 Å². The third kappa shape index (κ3) is 2.81. The number of methoxy groups -OCH3 is 1. The Morgan fingerprint density at radius 3 is 2.97 bits per heavy atom. The lowest BCUT2D eigenvalue weighted by atomic mass is 9.64. The molecule has 1 spiro atoms. The second-order valence-corrected chi connectivity index (χ2v) is 9.02. The summed E-state index contributed by atoms with van der Waals surface area (Å²) in [5.41, 5.74) is 4.21. The molecular weight excluding hydrogens is 386 g/mol. The number of rotatable bonds is 3. The topological polar surface area (TPSA) is 48.0 Å². The van der Waals surface area contributed by atoms with Crippen LogP contribution in [0.15, 0.2) is 40.6 Å². The molecule has 0 bridgehead atoms. The fourth-order valence-electron chi connectivity index (χ4n) is 5.20. The van der Waals surface area contributed by atoms with Crippen LogP contribution < -0.4 is 9.47 Å². The van der Waals surface area contributed by atoms with Crippen LogP contribution in [0.25, 0.3) is 0 Å². The summed E-state index contributed by atoms with van der Waals surface area (Å²) < 4.78 is 18.0. The Morgan fingerprint density at radius 2 is 2.21 bits per heavy atom. The van der Waals surface area contributed by atoms with Gasteiger partial charge in [-0.25, -0.2) is 4.79 Å². The first-order valence-corrected chi connectivity index (χ1v) is 10.9. The fourth-order valence-corrected chi connectivity index (χ4v) is 5.83. The monoisotopic (exact) mass is 411 g/mol. The van der Waals surface area contributed by atoms with Crippen molar-refractivity contribution in [3.8, 4) is 11.5 Å². The summed E-state index contributed by atoms with van der Waals surface area (Å²) in [6.45, 7) is 4.04. The molecule has 0 saturated heterocycles. The molecule has 1 aliphatic carbocycles. The minimum Gasteiger partial charge on any atom is -0.493 e. The van der Waals surface area contributed by atoms with Gasteiger partial charge in [0.2, 0.25) is 0 Å². The third-order valence-corrected chi connectivity index (χ3v) is 7.30. The number of nitrogens with zero attached hydrogens (tertiary/aromatic N) is 1. The molecule has 0 fully saturated rings. The molecule has 1 aromatic heterocycles. The van der Waals surface area contributed by atoms with Crippen LogP contribution in [0.4, 0.5) is 0 Å². The van der Waals surface area contributed by atoms with Crippen molar-refractivity contribution in [3.05, 3.63) is 57.3 Å². The third-order valence-electron chi connectivity index (χ3n) is 6.61. The van der Waals surface area contributed by atoms with E-state index in [-0.39, 0.29) is 23.6 Å². The molecule has 1 aromatic carbocycles. The van der Waals surface area contributed by atoms with Crippen LogP contribution in [0.3, 0.4) is 0 Å². The Morgan fingerprint density at radius 1 is 1.34 bits per heavy atom. The van der Waals surface area contributed by atoms with E-state index in [0.29, 0.717) is 12.0 Å². The molecule has 2 aliphatic heterocycles. The van der Waals surface area contributed by atoms with Crippen molar-refractivity contribution >= 4 is 17.3 Å². The molecule has 0 radical (unpaired) electrons. The summed E-state index contributed by atoms with van der Waals surface area (Å²) >= 11 is 1.50. The number of hydrogen-bond donors (Lipinski definition) is 0. The van der Waals surface area contributed by atoms with Gasteiger partial charge in [-0.15, -0.1) is 0 Å². The van der Waals surface area contributed by atoms with Crippen LogP contribution in [0, 0.1) is 0 Å². The highest BCUT2D eigenvalue weighted by Crippen LogP contribution is 2.58. The Balaban J connectivity index is 1.55. The Kier molecular flexibility index (Phi) is 4.44. The molecule has 3 heterocycles. The molecule has 0 saturated carbocycles. The smallest absolute Gasteiger partial charge is 0.339 e. The second kappa shape index (κ2) is 6.89. The molecule has 5 rings (SSSR count). The number of esters is 1. The number of carbonyl (C=O) groups excluding carboxylic acids is 1. The number of benzene rings is 1. The molecule has 152 valence electrons. The van der Waals surface area contributed by atoms with E-state index >= 15 is 0 Å². The van der Waals surface area contributed by atoms with E-state index in [4.69, 9.17) is 14.2 Å². The quantitative estimate of drug-likeness (QED) is 0.561. The van der Waals surface area contributed by atoms with Gasteiger partial charge in [0.15, 0.2) is 11.5 Å². The summed E-state index contributed by atoms with van der Waals surface area (Å²) in [5, 5.41) is 3.71. The van der Waals surface area contributed by atoms with E-state index in [1.807, 2.05) is 16.8 Å². The average Bonchev–Trinajstić information content (AvgIpc) is 3.30. The predicted molar refractivity (Wildman–Crippen MR) is 112 cm³/mol. The molecule has 5 nitrogen and oxygen atoms in total. The zero-order chi connectivity index (χ0) is 20.2. The number of hydrogen-bond acceptors (Lipinski definition) is 6. The zero-order valence-electron chi connectivity index (χ0n) is 16.9. The highest BCUT2D eigenvalue weighted by atomic mass is 32.1. The SMILES string of the molecule is COc1ccc2c3c1OC1C[C@@H](OC(=O)c4ccsc4)C=C(C)[C@@]31CCN(C)C2.